The second-order valence-electron chi connectivity index (χ2n) is 8.22. The third kappa shape index (κ3) is 5.34. The molecule has 0 aromatic heterocycles. The summed E-state index contributed by atoms with van der Waals surface area (Å²) in [5.74, 6) is 0.634. The second kappa shape index (κ2) is 10.6. The molecular weight excluding hydrogens is 488 g/mol. The van der Waals surface area contributed by atoms with E-state index in [-0.39, 0.29) is 23.8 Å². The molecule has 1 N–H and O–H groups in total. The van der Waals surface area contributed by atoms with Crippen molar-refractivity contribution in [3.63, 3.8) is 0 Å². The number of carbonyl (C=O) groups is 1. The summed E-state index contributed by atoms with van der Waals surface area (Å²) in [7, 11) is 1.55. The highest BCUT2D eigenvalue weighted by atomic mass is 32.2. The van der Waals surface area contributed by atoms with E-state index in [4.69, 9.17) is 9.47 Å². The number of nitro groups is 1. The fourth-order valence-corrected chi connectivity index (χ4v) is 4.93. The first-order valence-corrected chi connectivity index (χ1v) is 12.3. The number of nitrogens with zero attached hydrogens (tertiary/aromatic N) is 1. The van der Waals surface area contributed by atoms with Gasteiger partial charge in [0.25, 0.3) is 0 Å². The van der Waals surface area contributed by atoms with Crippen molar-refractivity contribution in [1.29, 1.82) is 0 Å². The van der Waals surface area contributed by atoms with Crippen LogP contribution >= 0.6 is 11.8 Å². The van der Waals surface area contributed by atoms with Gasteiger partial charge in [-0.15, -0.1) is 0 Å². The minimum Gasteiger partial charge on any atom is -0.496 e. The molecule has 0 atom stereocenters. The van der Waals surface area contributed by atoms with Gasteiger partial charge >= 0.3 is 5.69 Å². The van der Waals surface area contributed by atoms with Gasteiger partial charge in [0.2, 0.25) is 0 Å². The predicted octanol–water partition coefficient (Wildman–Crippen LogP) is 7.29. The number of para-hydroxylation sites is 3. The van der Waals surface area contributed by atoms with Crippen LogP contribution < -0.4 is 14.8 Å². The Hall–Kier alpha value is -4.56. The Bertz CT molecular complexity index is 1530. The number of nitrogens with one attached hydrogen (secondary N) is 1. The normalized spacial score (nSPS) is 11.8. The van der Waals surface area contributed by atoms with Gasteiger partial charge in [-0.2, -0.15) is 0 Å². The fraction of sp³-hybridized carbons (Fsp3) is 0.0690. The number of carbonyl (C=O) groups excluding carboxylic acids is 1. The molecule has 0 radical (unpaired) electrons. The summed E-state index contributed by atoms with van der Waals surface area (Å²) in [6.07, 6.45) is 3.26. The number of benzene rings is 4. The molecule has 0 saturated carbocycles. The maximum Gasteiger partial charge on any atom is 0.310 e. The van der Waals surface area contributed by atoms with Crippen LogP contribution in [0.1, 0.15) is 21.5 Å². The van der Waals surface area contributed by atoms with E-state index in [9.17, 15) is 14.9 Å². The molecule has 0 aliphatic carbocycles. The van der Waals surface area contributed by atoms with Crippen LogP contribution in [0.25, 0.3) is 6.08 Å². The molecule has 5 rings (SSSR count). The lowest BCUT2D eigenvalue weighted by molar-refractivity contribution is -0.385. The van der Waals surface area contributed by atoms with Gasteiger partial charge in [0.05, 0.1) is 23.4 Å². The zero-order valence-corrected chi connectivity index (χ0v) is 20.7. The summed E-state index contributed by atoms with van der Waals surface area (Å²) < 4.78 is 11.2. The number of anilines is 2. The van der Waals surface area contributed by atoms with Crippen molar-refractivity contribution >= 4 is 40.7 Å². The molecule has 1 aliphatic rings. The van der Waals surface area contributed by atoms with Crippen molar-refractivity contribution < 1.29 is 19.2 Å². The molecule has 184 valence electrons. The van der Waals surface area contributed by atoms with Gasteiger partial charge < -0.3 is 14.8 Å². The molecule has 1 heterocycles. The second-order valence-corrected chi connectivity index (χ2v) is 9.30. The maximum atomic E-state index is 12.9. The van der Waals surface area contributed by atoms with E-state index >= 15 is 0 Å². The van der Waals surface area contributed by atoms with E-state index in [1.54, 1.807) is 49.2 Å². The zero-order chi connectivity index (χ0) is 25.8. The van der Waals surface area contributed by atoms with Gasteiger partial charge in [-0.05, 0) is 60.2 Å². The highest BCUT2D eigenvalue weighted by Gasteiger charge is 2.17. The molecule has 0 saturated heterocycles. The van der Waals surface area contributed by atoms with Gasteiger partial charge in [-0.3, -0.25) is 14.9 Å². The number of ketones is 1. The first-order valence-electron chi connectivity index (χ1n) is 11.5. The number of ether oxygens (including phenoxy) is 2. The number of rotatable bonds is 8. The van der Waals surface area contributed by atoms with Crippen LogP contribution in [-0.4, -0.2) is 17.8 Å². The van der Waals surface area contributed by atoms with Gasteiger partial charge in [0.15, 0.2) is 11.5 Å². The lowest BCUT2D eigenvalue weighted by atomic mass is 10.1. The van der Waals surface area contributed by atoms with Crippen molar-refractivity contribution in [1.82, 2.24) is 0 Å². The third-order valence-corrected chi connectivity index (χ3v) is 6.97. The highest BCUT2D eigenvalue weighted by Crippen LogP contribution is 2.44. The number of fused-ring (bicyclic) bond motifs is 2. The Kier molecular flexibility index (Phi) is 6.91. The number of hydrogen-bond donors (Lipinski definition) is 1. The van der Waals surface area contributed by atoms with E-state index < -0.39 is 4.92 Å². The average molecular weight is 511 g/mol. The summed E-state index contributed by atoms with van der Waals surface area (Å²) in [6, 6.07) is 25.4. The third-order valence-electron chi connectivity index (χ3n) is 5.82. The van der Waals surface area contributed by atoms with Crippen molar-refractivity contribution in [3.8, 4) is 11.5 Å². The van der Waals surface area contributed by atoms with Crippen LogP contribution in [0.3, 0.4) is 0 Å². The zero-order valence-electron chi connectivity index (χ0n) is 19.8. The van der Waals surface area contributed by atoms with Crippen LogP contribution in [-0.2, 0) is 6.61 Å². The Morgan fingerprint density at radius 3 is 2.57 bits per heavy atom. The van der Waals surface area contributed by atoms with Crippen LogP contribution in [0, 0.1) is 10.1 Å². The monoisotopic (exact) mass is 510 g/mol. The topological polar surface area (TPSA) is 90.7 Å². The molecular formula is C29H22N2O5S. The van der Waals surface area contributed by atoms with Crippen LogP contribution in [0.5, 0.6) is 11.5 Å². The summed E-state index contributed by atoms with van der Waals surface area (Å²) >= 11 is 1.67. The SMILES string of the molecule is COc1ccc(/C=C/C(=O)c2ccc3c(c2)Nc2ccccc2S3)cc1COc1ccccc1[N+](=O)[O-]. The lowest BCUT2D eigenvalue weighted by Crippen LogP contribution is -2.02. The molecule has 0 fully saturated rings. The fourth-order valence-electron chi connectivity index (χ4n) is 3.96. The number of allylic oxidation sites excluding steroid dienone is 1. The largest absolute Gasteiger partial charge is 0.496 e. The quantitative estimate of drug-likeness (QED) is 0.101. The Morgan fingerprint density at radius 1 is 0.946 bits per heavy atom. The van der Waals surface area contributed by atoms with Crippen LogP contribution in [0.2, 0.25) is 0 Å². The van der Waals surface area contributed by atoms with Gasteiger partial charge in [-0.25, -0.2) is 0 Å². The molecule has 37 heavy (non-hydrogen) atoms. The number of hydrogen-bond acceptors (Lipinski definition) is 7. The first-order chi connectivity index (χ1) is 18.0. The summed E-state index contributed by atoms with van der Waals surface area (Å²) in [6.45, 7) is 0.0687. The molecule has 0 unspecified atom stereocenters. The summed E-state index contributed by atoms with van der Waals surface area (Å²) in [4.78, 5) is 25.9. The lowest BCUT2D eigenvalue weighted by Gasteiger charge is -2.20. The molecule has 4 aromatic carbocycles. The molecule has 1 aliphatic heterocycles. The van der Waals surface area contributed by atoms with Gasteiger partial charge in [0, 0.05) is 27.0 Å². The number of methoxy groups -OCH3 is 1. The van der Waals surface area contributed by atoms with E-state index in [2.05, 4.69) is 11.4 Å². The van der Waals surface area contributed by atoms with Crippen LogP contribution in [0.4, 0.5) is 17.1 Å². The highest BCUT2D eigenvalue weighted by molar-refractivity contribution is 7.99. The van der Waals surface area contributed by atoms with E-state index in [1.807, 2.05) is 48.5 Å². The van der Waals surface area contributed by atoms with Crippen molar-refractivity contribution in [2.45, 2.75) is 16.4 Å². The maximum absolute atomic E-state index is 12.9. The summed E-state index contributed by atoms with van der Waals surface area (Å²) in [5, 5.41) is 14.7. The van der Waals surface area contributed by atoms with Gasteiger partial charge in [-0.1, -0.05) is 48.2 Å². The van der Waals surface area contributed by atoms with E-state index in [0.29, 0.717) is 16.9 Å². The number of nitro benzene ring substituents is 1. The van der Waals surface area contributed by atoms with Crippen molar-refractivity contribution in [2.75, 3.05) is 12.4 Å². The smallest absolute Gasteiger partial charge is 0.310 e. The van der Waals surface area contributed by atoms with Gasteiger partial charge in [0.1, 0.15) is 12.4 Å². The average Bonchev–Trinajstić information content (AvgIpc) is 2.93. The Morgan fingerprint density at radius 2 is 1.73 bits per heavy atom. The molecule has 4 aromatic rings. The molecule has 0 amide bonds. The van der Waals surface area contributed by atoms with E-state index in [1.165, 1.54) is 12.1 Å². The van der Waals surface area contributed by atoms with Crippen LogP contribution in [0.15, 0.2) is 101 Å². The van der Waals surface area contributed by atoms with E-state index in [0.717, 1.165) is 26.7 Å². The molecule has 8 heteroatoms. The Balaban J connectivity index is 1.31. The predicted molar refractivity (Wildman–Crippen MR) is 144 cm³/mol. The standard InChI is InChI=1S/C29H22N2O5S/c1-35-26-14-11-19(16-21(26)18-36-27-8-4-3-7-24(27)31(33)34)10-13-25(32)20-12-15-29-23(17-20)30-22-6-2-5-9-28(22)37-29/h2-17,30H,18H2,1H3/b13-10+. The molecule has 7 nitrogen and oxygen atoms in total. The summed E-state index contributed by atoms with van der Waals surface area (Å²) in [5.41, 5.74) is 3.87. The molecule has 0 bridgehead atoms. The first kappa shape index (κ1) is 24.1. The molecule has 0 spiro atoms. The minimum atomic E-state index is -0.481. The Labute approximate surface area is 217 Å². The van der Waals surface area contributed by atoms with Crippen molar-refractivity contribution in [3.05, 3.63) is 118 Å². The minimum absolute atomic E-state index is 0.0687. The van der Waals surface area contributed by atoms with Crippen molar-refractivity contribution in [2.24, 2.45) is 0 Å².